The van der Waals surface area contributed by atoms with Gasteiger partial charge in [0, 0.05) is 0 Å². The van der Waals surface area contributed by atoms with Crippen molar-refractivity contribution in [3.8, 4) is 0 Å². The van der Waals surface area contributed by atoms with Crippen molar-refractivity contribution in [1.29, 1.82) is 0 Å². The lowest BCUT2D eigenvalue weighted by Gasteiger charge is -2.16. The Morgan fingerprint density at radius 3 is 2.47 bits per heavy atom. The van der Waals surface area contributed by atoms with E-state index >= 15 is 0 Å². The molecule has 0 amide bonds. The molecule has 0 aliphatic heterocycles. The Morgan fingerprint density at radius 2 is 1.73 bits per heavy atom. The molecule has 1 aromatic rings. The second kappa shape index (κ2) is 4.80. The van der Waals surface area contributed by atoms with E-state index in [1.165, 1.54) is 30.4 Å². The minimum atomic E-state index is -0.0844. The molecule has 0 heterocycles. The molecule has 0 unspecified atom stereocenters. The molecule has 1 saturated carbocycles. The molecule has 1 fully saturated rings. The largest absolute Gasteiger partial charge is 0.393 e. The topological polar surface area (TPSA) is 20.2 Å². The number of aliphatic hydroxyl groups is 1. The van der Waals surface area contributed by atoms with Crippen LogP contribution in [0.5, 0.6) is 0 Å². The van der Waals surface area contributed by atoms with Gasteiger partial charge in [-0.2, -0.15) is 0 Å². The zero-order valence-electron chi connectivity index (χ0n) is 9.45. The van der Waals surface area contributed by atoms with E-state index in [9.17, 15) is 5.11 Å². The molecule has 2 atom stereocenters. The minimum Gasteiger partial charge on any atom is -0.393 e. The van der Waals surface area contributed by atoms with Crippen molar-refractivity contribution < 1.29 is 5.11 Å². The molecule has 0 bridgehead atoms. The highest BCUT2D eigenvalue weighted by molar-refractivity contribution is 5.24. The molecule has 0 saturated heterocycles. The van der Waals surface area contributed by atoms with Crippen LogP contribution in [0.15, 0.2) is 24.3 Å². The molecule has 1 N–H and O–H groups in total. The van der Waals surface area contributed by atoms with Gasteiger partial charge in [-0.1, -0.05) is 42.7 Å². The fraction of sp³-hybridized carbons (Fsp3) is 0.571. The van der Waals surface area contributed by atoms with E-state index in [1.807, 2.05) is 0 Å². The molecule has 1 heteroatoms. The quantitative estimate of drug-likeness (QED) is 0.695. The first kappa shape index (κ1) is 10.7. The second-order valence-electron chi connectivity index (χ2n) is 4.78. The van der Waals surface area contributed by atoms with Crippen LogP contribution in [0.4, 0.5) is 0 Å². The van der Waals surface area contributed by atoms with Crippen LogP contribution in [0.2, 0.25) is 0 Å². The summed E-state index contributed by atoms with van der Waals surface area (Å²) in [7, 11) is 0. The summed E-state index contributed by atoms with van der Waals surface area (Å²) < 4.78 is 0. The third kappa shape index (κ3) is 2.82. The summed E-state index contributed by atoms with van der Waals surface area (Å²) in [5.41, 5.74) is 2.72. The molecule has 1 aliphatic carbocycles. The summed E-state index contributed by atoms with van der Waals surface area (Å²) in [6.07, 6.45) is 5.53. The first-order chi connectivity index (χ1) is 7.25. The SMILES string of the molecule is Cc1ccc([C@H]2CCCC[C@@H](O)C2)cc1. The van der Waals surface area contributed by atoms with Crippen LogP contribution in [0.25, 0.3) is 0 Å². The molecule has 1 aromatic carbocycles. The van der Waals surface area contributed by atoms with Crippen molar-refractivity contribution in [2.24, 2.45) is 0 Å². The smallest absolute Gasteiger partial charge is 0.0546 e. The minimum absolute atomic E-state index is 0.0844. The van der Waals surface area contributed by atoms with Gasteiger partial charge in [-0.3, -0.25) is 0 Å². The lowest BCUT2D eigenvalue weighted by atomic mass is 9.91. The maximum atomic E-state index is 9.78. The molecule has 0 radical (unpaired) electrons. The normalized spacial score (nSPS) is 27.3. The summed E-state index contributed by atoms with van der Waals surface area (Å²) in [6, 6.07) is 8.79. The molecule has 0 aromatic heterocycles. The van der Waals surface area contributed by atoms with Crippen molar-refractivity contribution in [2.75, 3.05) is 0 Å². The fourth-order valence-electron chi connectivity index (χ4n) is 2.48. The van der Waals surface area contributed by atoms with Gasteiger partial charge in [0.15, 0.2) is 0 Å². The zero-order chi connectivity index (χ0) is 10.7. The Balaban J connectivity index is 2.11. The summed E-state index contributed by atoms with van der Waals surface area (Å²) in [6.45, 7) is 2.12. The highest BCUT2D eigenvalue weighted by Gasteiger charge is 2.19. The van der Waals surface area contributed by atoms with Crippen LogP contribution in [-0.2, 0) is 0 Å². The highest BCUT2D eigenvalue weighted by Crippen LogP contribution is 2.31. The van der Waals surface area contributed by atoms with Crippen LogP contribution in [-0.4, -0.2) is 11.2 Å². The van der Waals surface area contributed by atoms with Crippen molar-refractivity contribution >= 4 is 0 Å². The molecule has 1 nitrogen and oxygen atoms in total. The van der Waals surface area contributed by atoms with Gasteiger partial charge in [-0.05, 0) is 37.7 Å². The number of hydrogen-bond donors (Lipinski definition) is 1. The van der Waals surface area contributed by atoms with Crippen LogP contribution in [0.1, 0.15) is 49.1 Å². The van der Waals surface area contributed by atoms with Gasteiger partial charge in [0.2, 0.25) is 0 Å². The van der Waals surface area contributed by atoms with Crippen LogP contribution in [0, 0.1) is 6.92 Å². The lowest BCUT2D eigenvalue weighted by molar-refractivity contribution is 0.152. The average molecular weight is 204 g/mol. The average Bonchev–Trinajstić information content (AvgIpc) is 2.44. The predicted molar refractivity (Wildman–Crippen MR) is 63.0 cm³/mol. The van der Waals surface area contributed by atoms with Crippen LogP contribution < -0.4 is 0 Å². The van der Waals surface area contributed by atoms with E-state index in [1.54, 1.807) is 0 Å². The number of aliphatic hydroxyl groups excluding tert-OH is 1. The molecule has 0 spiro atoms. The van der Waals surface area contributed by atoms with Gasteiger partial charge in [-0.25, -0.2) is 0 Å². The van der Waals surface area contributed by atoms with E-state index in [4.69, 9.17) is 0 Å². The zero-order valence-corrected chi connectivity index (χ0v) is 9.45. The number of benzene rings is 1. The number of aryl methyl sites for hydroxylation is 1. The molecular weight excluding hydrogens is 184 g/mol. The van der Waals surface area contributed by atoms with Gasteiger partial charge in [0.25, 0.3) is 0 Å². The standard InChI is InChI=1S/C14H20O/c1-11-6-8-12(9-7-11)13-4-2-3-5-14(15)10-13/h6-9,13-15H,2-5,10H2,1H3/t13-,14+/m0/s1. The molecular formula is C14H20O. The summed E-state index contributed by atoms with van der Waals surface area (Å²) >= 11 is 0. The monoisotopic (exact) mass is 204 g/mol. The van der Waals surface area contributed by atoms with Gasteiger partial charge in [0.05, 0.1) is 6.10 Å². The molecule has 1 aliphatic rings. The van der Waals surface area contributed by atoms with Crippen LogP contribution in [0.3, 0.4) is 0 Å². The van der Waals surface area contributed by atoms with Crippen molar-refractivity contribution in [1.82, 2.24) is 0 Å². The second-order valence-corrected chi connectivity index (χ2v) is 4.78. The first-order valence-electron chi connectivity index (χ1n) is 6.00. The molecule has 2 rings (SSSR count). The maximum Gasteiger partial charge on any atom is 0.0546 e. The third-order valence-corrected chi connectivity index (χ3v) is 3.45. The Hall–Kier alpha value is -0.820. The van der Waals surface area contributed by atoms with Gasteiger partial charge < -0.3 is 5.11 Å². The highest BCUT2D eigenvalue weighted by atomic mass is 16.3. The van der Waals surface area contributed by atoms with Crippen molar-refractivity contribution in [3.63, 3.8) is 0 Å². The van der Waals surface area contributed by atoms with E-state index < -0.39 is 0 Å². The third-order valence-electron chi connectivity index (χ3n) is 3.45. The van der Waals surface area contributed by atoms with Gasteiger partial charge in [-0.15, -0.1) is 0 Å². The summed E-state index contributed by atoms with van der Waals surface area (Å²) in [5, 5.41) is 9.78. The van der Waals surface area contributed by atoms with E-state index in [2.05, 4.69) is 31.2 Å². The van der Waals surface area contributed by atoms with Gasteiger partial charge in [0.1, 0.15) is 0 Å². The van der Waals surface area contributed by atoms with Crippen molar-refractivity contribution in [3.05, 3.63) is 35.4 Å². The molecule has 15 heavy (non-hydrogen) atoms. The van der Waals surface area contributed by atoms with Crippen molar-refractivity contribution in [2.45, 2.75) is 51.0 Å². The van der Waals surface area contributed by atoms with E-state index in [0.717, 1.165) is 12.8 Å². The first-order valence-corrected chi connectivity index (χ1v) is 6.00. The Morgan fingerprint density at radius 1 is 1.07 bits per heavy atom. The lowest BCUT2D eigenvalue weighted by Crippen LogP contribution is -2.09. The molecule has 82 valence electrons. The Bertz CT molecular complexity index is 302. The Kier molecular flexibility index (Phi) is 3.42. The summed E-state index contributed by atoms with van der Waals surface area (Å²) in [4.78, 5) is 0. The maximum absolute atomic E-state index is 9.78. The predicted octanol–water partition coefficient (Wildman–Crippen LogP) is 3.40. The Labute approximate surface area is 92.1 Å². The van der Waals surface area contributed by atoms with Gasteiger partial charge >= 0.3 is 0 Å². The van der Waals surface area contributed by atoms with E-state index in [-0.39, 0.29) is 6.10 Å². The fourth-order valence-corrected chi connectivity index (χ4v) is 2.48. The number of rotatable bonds is 1. The van der Waals surface area contributed by atoms with E-state index in [0.29, 0.717) is 5.92 Å². The van der Waals surface area contributed by atoms with Crippen LogP contribution >= 0.6 is 0 Å². The summed E-state index contributed by atoms with van der Waals surface area (Å²) in [5.74, 6) is 0.572. The number of hydrogen-bond acceptors (Lipinski definition) is 1.